The van der Waals surface area contributed by atoms with Crippen LogP contribution < -0.4 is 16.4 Å². The first-order valence-electron chi connectivity index (χ1n) is 8.07. The molecule has 4 N–H and O–H groups in total. The van der Waals surface area contributed by atoms with Crippen molar-refractivity contribution in [2.75, 3.05) is 31.8 Å². The number of amides is 2. The molecule has 0 saturated heterocycles. The monoisotopic (exact) mass is 420 g/mol. The number of nitrogens with one attached hydrogen (secondary N) is 2. The molecule has 0 fully saturated rings. The second-order valence-electron chi connectivity index (χ2n) is 5.97. The van der Waals surface area contributed by atoms with Gasteiger partial charge in [0.2, 0.25) is 5.91 Å². The van der Waals surface area contributed by atoms with Crippen LogP contribution in [0.25, 0.3) is 0 Å². The van der Waals surface area contributed by atoms with Gasteiger partial charge in [-0.05, 0) is 49.0 Å². The van der Waals surface area contributed by atoms with Crippen molar-refractivity contribution in [3.05, 3.63) is 45.8 Å². The van der Waals surface area contributed by atoms with Crippen molar-refractivity contribution >= 4 is 57.1 Å². The van der Waals surface area contributed by atoms with Crippen molar-refractivity contribution in [1.29, 1.82) is 0 Å². The number of esters is 1. The number of thiophene rings is 1. The summed E-state index contributed by atoms with van der Waals surface area (Å²) in [6, 6.07) is 6.43. The van der Waals surface area contributed by atoms with Crippen LogP contribution in [-0.2, 0) is 4.74 Å². The van der Waals surface area contributed by atoms with E-state index < -0.39 is 11.9 Å². The third-order valence-electron chi connectivity index (χ3n) is 3.79. The Bertz CT molecular complexity index is 936. The van der Waals surface area contributed by atoms with Gasteiger partial charge in [0.1, 0.15) is 5.00 Å². The van der Waals surface area contributed by atoms with Gasteiger partial charge in [0.05, 0.1) is 17.6 Å². The minimum absolute atomic E-state index is 0.210. The standard InChI is InChI=1S/C18H20N4O4S2/c1-9-12(17(25)26-4)15(28-13(9)16(24)22(2)3)21-18(27)20-11-7-5-10(6-8-11)14(19)23/h5-8H,1-4H3,(H2,19,23)(H2,20,21,27). The van der Waals surface area contributed by atoms with Gasteiger partial charge in [-0.2, -0.15) is 0 Å². The normalized spacial score (nSPS) is 10.1. The van der Waals surface area contributed by atoms with Crippen LogP contribution in [0.4, 0.5) is 10.7 Å². The number of hydrogen-bond donors (Lipinski definition) is 3. The molecular formula is C18H20N4O4S2. The Morgan fingerprint density at radius 3 is 2.25 bits per heavy atom. The Labute approximate surface area is 171 Å². The van der Waals surface area contributed by atoms with Crippen LogP contribution in [0.2, 0.25) is 0 Å². The van der Waals surface area contributed by atoms with Crippen molar-refractivity contribution in [2.45, 2.75) is 6.92 Å². The number of nitrogens with zero attached hydrogens (tertiary/aromatic N) is 1. The Balaban J connectivity index is 2.27. The number of methoxy groups -OCH3 is 1. The molecule has 10 heteroatoms. The van der Waals surface area contributed by atoms with E-state index in [1.165, 1.54) is 12.0 Å². The molecular weight excluding hydrogens is 400 g/mol. The minimum Gasteiger partial charge on any atom is -0.465 e. The van der Waals surface area contributed by atoms with Crippen LogP contribution in [-0.4, -0.2) is 49.0 Å². The van der Waals surface area contributed by atoms with Crippen molar-refractivity contribution < 1.29 is 19.1 Å². The van der Waals surface area contributed by atoms with Crippen molar-refractivity contribution in [1.82, 2.24) is 4.90 Å². The maximum Gasteiger partial charge on any atom is 0.341 e. The van der Waals surface area contributed by atoms with E-state index in [-0.39, 0.29) is 16.6 Å². The number of nitrogens with two attached hydrogens (primary N) is 1. The molecule has 2 aromatic rings. The Hall–Kier alpha value is -2.98. The second kappa shape index (κ2) is 8.81. The van der Waals surface area contributed by atoms with Crippen LogP contribution in [0.5, 0.6) is 0 Å². The summed E-state index contributed by atoms with van der Waals surface area (Å²) in [7, 11) is 4.54. The van der Waals surface area contributed by atoms with Crippen molar-refractivity contribution in [2.24, 2.45) is 5.73 Å². The molecule has 0 saturated carbocycles. The van der Waals surface area contributed by atoms with E-state index in [0.717, 1.165) is 11.3 Å². The van der Waals surface area contributed by atoms with E-state index in [9.17, 15) is 14.4 Å². The molecule has 0 unspecified atom stereocenters. The van der Waals surface area contributed by atoms with Crippen LogP contribution in [0.3, 0.4) is 0 Å². The molecule has 2 rings (SSSR count). The Kier molecular flexibility index (Phi) is 6.71. The molecule has 28 heavy (non-hydrogen) atoms. The zero-order chi connectivity index (χ0) is 21.0. The molecule has 2 amide bonds. The van der Waals surface area contributed by atoms with Gasteiger partial charge in [0.25, 0.3) is 5.91 Å². The highest BCUT2D eigenvalue weighted by molar-refractivity contribution is 7.80. The Morgan fingerprint density at radius 1 is 1.14 bits per heavy atom. The average Bonchev–Trinajstić information content (AvgIpc) is 2.96. The van der Waals surface area contributed by atoms with Crippen LogP contribution >= 0.6 is 23.6 Å². The maximum absolute atomic E-state index is 12.4. The van der Waals surface area contributed by atoms with Gasteiger partial charge < -0.3 is 26.0 Å². The lowest BCUT2D eigenvalue weighted by molar-refractivity contribution is 0.0601. The summed E-state index contributed by atoms with van der Waals surface area (Å²) < 4.78 is 4.84. The first-order valence-corrected chi connectivity index (χ1v) is 9.29. The number of thiocarbonyl (C=S) groups is 1. The molecule has 1 aromatic heterocycles. The first-order chi connectivity index (χ1) is 13.1. The zero-order valence-electron chi connectivity index (χ0n) is 15.8. The average molecular weight is 421 g/mol. The van der Waals surface area contributed by atoms with Gasteiger partial charge in [0.15, 0.2) is 5.11 Å². The van der Waals surface area contributed by atoms with E-state index in [2.05, 4.69) is 10.6 Å². The Morgan fingerprint density at radius 2 is 1.75 bits per heavy atom. The largest absolute Gasteiger partial charge is 0.465 e. The lowest BCUT2D eigenvalue weighted by Crippen LogP contribution is -2.21. The van der Waals surface area contributed by atoms with Crippen LogP contribution in [0, 0.1) is 6.92 Å². The highest BCUT2D eigenvalue weighted by Gasteiger charge is 2.26. The number of carbonyl (C=O) groups excluding carboxylic acids is 3. The molecule has 1 heterocycles. The fourth-order valence-electron chi connectivity index (χ4n) is 2.34. The minimum atomic E-state index is -0.567. The van der Waals surface area contributed by atoms with Gasteiger partial charge in [-0.25, -0.2) is 4.79 Å². The van der Waals surface area contributed by atoms with Gasteiger partial charge >= 0.3 is 5.97 Å². The number of benzene rings is 1. The highest BCUT2D eigenvalue weighted by atomic mass is 32.1. The summed E-state index contributed by atoms with van der Waals surface area (Å²) in [5.74, 6) is -1.31. The third kappa shape index (κ3) is 4.65. The van der Waals surface area contributed by atoms with E-state index in [0.29, 0.717) is 26.7 Å². The summed E-state index contributed by atoms with van der Waals surface area (Å²) in [5, 5.41) is 6.50. The number of primary amides is 1. The number of rotatable bonds is 5. The first kappa shape index (κ1) is 21.3. The van der Waals surface area contributed by atoms with E-state index in [1.54, 1.807) is 45.3 Å². The molecule has 0 atom stereocenters. The van der Waals surface area contributed by atoms with Crippen molar-refractivity contribution in [3.8, 4) is 0 Å². The summed E-state index contributed by atoms with van der Waals surface area (Å²) in [5.41, 5.74) is 6.99. The third-order valence-corrected chi connectivity index (χ3v) is 5.19. The van der Waals surface area contributed by atoms with E-state index in [1.807, 2.05) is 0 Å². The van der Waals surface area contributed by atoms with Gasteiger partial charge in [-0.15, -0.1) is 11.3 Å². The fourth-order valence-corrected chi connectivity index (χ4v) is 3.85. The van der Waals surface area contributed by atoms with Crippen LogP contribution in [0.15, 0.2) is 24.3 Å². The van der Waals surface area contributed by atoms with Crippen molar-refractivity contribution in [3.63, 3.8) is 0 Å². The number of carbonyl (C=O) groups is 3. The zero-order valence-corrected chi connectivity index (χ0v) is 17.4. The summed E-state index contributed by atoms with van der Waals surface area (Å²) >= 11 is 6.42. The predicted octanol–water partition coefficient (Wildman–Crippen LogP) is 2.45. The molecule has 0 aliphatic heterocycles. The molecule has 148 valence electrons. The molecule has 0 radical (unpaired) electrons. The smallest absolute Gasteiger partial charge is 0.341 e. The van der Waals surface area contributed by atoms with E-state index in [4.69, 9.17) is 22.7 Å². The fraction of sp³-hybridized carbons (Fsp3) is 0.222. The SMILES string of the molecule is COC(=O)c1c(NC(=S)Nc2ccc(C(N)=O)cc2)sc(C(=O)N(C)C)c1C. The van der Waals surface area contributed by atoms with E-state index >= 15 is 0 Å². The molecule has 8 nitrogen and oxygen atoms in total. The highest BCUT2D eigenvalue weighted by Crippen LogP contribution is 2.34. The predicted molar refractivity (Wildman–Crippen MR) is 113 cm³/mol. The molecule has 0 aliphatic carbocycles. The summed E-state index contributed by atoms with van der Waals surface area (Å²) in [6.07, 6.45) is 0. The number of ether oxygens (including phenoxy) is 1. The molecule has 0 aliphatic rings. The topological polar surface area (TPSA) is 114 Å². The molecule has 0 bridgehead atoms. The van der Waals surface area contributed by atoms with Gasteiger partial charge in [-0.1, -0.05) is 0 Å². The summed E-state index contributed by atoms with van der Waals surface area (Å²) in [6.45, 7) is 1.68. The second-order valence-corrected chi connectivity index (χ2v) is 7.40. The number of hydrogen-bond acceptors (Lipinski definition) is 6. The van der Waals surface area contributed by atoms with Gasteiger partial charge in [0, 0.05) is 25.3 Å². The molecule has 0 spiro atoms. The lowest BCUT2D eigenvalue weighted by Gasteiger charge is -2.11. The maximum atomic E-state index is 12.4. The lowest BCUT2D eigenvalue weighted by atomic mass is 10.1. The van der Waals surface area contributed by atoms with Gasteiger partial charge in [-0.3, -0.25) is 9.59 Å². The summed E-state index contributed by atoms with van der Waals surface area (Å²) in [4.78, 5) is 37.6. The number of anilines is 2. The molecule has 1 aromatic carbocycles. The quantitative estimate of drug-likeness (QED) is 0.503. The van der Waals surface area contributed by atoms with Crippen LogP contribution in [0.1, 0.15) is 36.0 Å².